The normalized spacial score (nSPS) is 12.9. The molecule has 0 saturated heterocycles. The van der Waals surface area contributed by atoms with Crippen molar-refractivity contribution in [3.8, 4) is 0 Å². The third-order valence-electron chi connectivity index (χ3n) is 4.59. The molecule has 2 heterocycles. The summed E-state index contributed by atoms with van der Waals surface area (Å²) in [5.41, 5.74) is 10.0. The lowest BCUT2D eigenvalue weighted by Crippen LogP contribution is -2.04. The van der Waals surface area contributed by atoms with Crippen molar-refractivity contribution in [2.45, 2.75) is 44.9 Å². The molecule has 0 radical (unpaired) electrons. The van der Waals surface area contributed by atoms with E-state index in [1.165, 1.54) is 5.56 Å². The molecule has 0 fully saturated rings. The Kier molecular flexibility index (Phi) is 5.27. The number of H-pyrrole nitrogens is 1. The maximum atomic E-state index is 6.05. The minimum absolute atomic E-state index is 0.475. The maximum Gasteiger partial charge on any atom is 0.152 e. The number of fused-ring (bicyclic) bond motifs is 3. The van der Waals surface area contributed by atoms with Gasteiger partial charge in [0.15, 0.2) is 5.82 Å². The van der Waals surface area contributed by atoms with Gasteiger partial charge in [0, 0.05) is 5.39 Å². The van der Waals surface area contributed by atoms with Gasteiger partial charge < -0.3 is 15.6 Å². The summed E-state index contributed by atoms with van der Waals surface area (Å²) in [7, 11) is 0. The van der Waals surface area contributed by atoms with E-state index in [9.17, 15) is 0 Å². The largest absolute Gasteiger partial charge is 0.382 e. The summed E-state index contributed by atoms with van der Waals surface area (Å²) in [6, 6.07) is 6.29. The summed E-state index contributed by atoms with van der Waals surface area (Å²) in [5.74, 6) is 6.08. The van der Waals surface area contributed by atoms with E-state index in [-0.39, 0.29) is 0 Å². The number of benzene rings is 1. The molecule has 0 aliphatic rings. The summed E-state index contributed by atoms with van der Waals surface area (Å²) < 4.78 is 0. The molecule has 6 nitrogen and oxygen atoms in total. The highest BCUT2D eigenvalue weighted by molar-refractivity contribution is 6.07. The van der Waals surface area contributed by atoms with Gasteiger partial charge in [0.2, 0.25) is 0 Å². The second-order valence-corrected chi connectivity index (χ2v) is 6.22. The summed E-state index contributed by atoms with van der Waals surface area (Å²) >= 11 is 0. The van der Waals surface area contributed by atoms with Gasteiger partial charge in [0.25, 0.3) is 0 Å². The van der Waals surface area contributed by atoms with Crippen LogP contribution in [0.15, 0.2) is 24.5 Å². The summed E-state index contributed by atoms with van der Waals surface area (Å²) in [6.45, 7) is 2.83. The second-order valence-electron chi connectivity index (χ2n) is 6.22. The molecule has 6 heteroatoms. The molecule has 0 spiro atoms. The Bertz CT molecular complexity index is 814. The van der Waals surface area contributed by atoms with Crippen LogP contribution < -0.4 is 11.6 Å². The van der Waals surface area contributed by atoms with E-state index in [0.717, 1.165) is 54.0 Å². The molecule has 0 amide bonds. The molecule has 1 atom stereocenters. The topological polar surface area (TPSA) is 103 Å². The molecule has 0 aliphatic carbocycles. The van der Waals surface area contributed by atoms with Crippen molar-refractivity contribution in [1.82, 2.24) is 15.0 Å². The molecule has 5 N–H and O–H groups in total. The fraction of sp³-hybridized carbons (Fsp3) is 0.444. The number of hydrogen-bond acceptors (Lipinski definition) is 5. The number of aromatic nitrogens is 3. The number of imidazole rings is 1. The van der Waals surface area contributed by atoms with Crippen molar-refractivity contribution in [2.75, 3.05) is 12.3 Å². The Morgan fingerprint density at radius 1 is 1.25 bits per heavy atom. The van der Waals surface area contributed by atoms with E-state index in [2.05, 4.69) is 38.8 Å². The molecule has 1 aromatic carbocycles. The number of nitrogens with two attached hydrogens (primary N) is 2. The maximum absolute atomic E-state index is 6.05. The highest BCUT2D eigenvalue weighted by Crippen LogP contribution is 2.36. The third-order valence-corrected chi connectivity index (χ3v) is 4.59. The van der Waals surface area contributed by atoms with E-state index in [0.29, 0.717) is 18.3 Å². The van der Waals surface area contributed by atoms with Crippen molar-refractivity contribution >= 4 is 27.8 Å². The lowest BCUT2D eigenvalue weighted by Gasteiger charge is -2.19. The molecule has 3 rings (SSSR count). The Hall–Kier alpha value is -2.18. The van der Waals surface area contributed by atoms with Crippen molar-refractivity contribution in [3.63, 3.8) is 0 Å². The van der Waals surface area contributed by atoms with Crippen LogP contribution in [0.5, 0.6) is 0 Å². The first-order valence-corrected chi connectivity index (χ1v) is 8.59. The second kappa shape index (κ2) is 7.59. The number of nitrogen functional groups attached to an aromatic ring is 1. The number of nitrogens with zero attached hydrogens (tertiary/aromatic N) is 2. The molecule has 0 aliphatic heterocycles. The molecular weight excluding hydrogens is 302 g/mol. The summed E-state index contributed by atoms with van der Waals surface area (Å²) in [4.78, 5) is 16.8. The SMILES string of the molecule is CCCC(CCCCON)c1cccc2nc(N)c3nc[nH]c3c12. The molecular formula is C18H25N5O. The molecule has 128 valence electrons. The first kappa shape index (κ1) is 16.7. The highest BCUT2D eigenvalue weighted by atomic mass is 16.6. The predicted octanol–water partition coefficient (Wildman–Crippen LogP) is 3.64. The van der Waals surface area contributed by atoms with E-state index in [1.807, 2.05) is 6.07 Å². The Morgan fingerprint density at radius 2 is 2.12 bits per heavy atom. The highest BCUT2D eigenvalue weighted by Gasteiger charge is 2.18. The van der Waals surface area contributed by atoms with Crippen LogP contribution in [0.25, 0.3) is 21.9 Å². The van der Waals surface area contributed by atoms with Gasteiger partial charge in [-0.05, 0) is 36.8 Å². The smallest absolute Gasteiger partial charge is 0.152 e. The van der Waals surface area contributed by atoms with Crippen molar-refractivity contribution < 1.29 is 4.84 Å². The lowest BCUT2D eigenvalue weighted by atomic mass is 9.87. The Balaban J connectivity index is 2.04. The van der Waals surface area contributed by atoms with Crippen LogP contribution in [0.1, 0.15) is 50.5 Å². The average Bonchev–Trinajstić information content (AvgIpc) is 3.08. The zero-order valence-electron chi connectivity index (χ0n) is 14.1. The van der Waals surface area contributed by atoms with Crippen LogP contribution >= 0.6 is 0 Å². The third kappa shape index (κ3) is 3.20. The first-order chi connectivity index (χ1) is 11.8. The van der Waals surface area contributed by atoms with Gasteiger partial charge in [-0.3, -0.25) is 0 Å². The Labute approximate surface area is 141 Å². The van der Waals surface area contributed by atoms with E-state index < -0.39 is 0 Å². The number of aromatic amines is 1. The van der Waals surface area contributed by atoms with Crippen molar-refractivity contribution in [2.24, 2.45) is 5.90 Å². The van der Waals surface area contributed by atoms with Crippen molar-refractivity contribution in [1.29, 1.82) is 0 Å². The molecule has 1 unspecified atom stereocenters. The van der Waals surface area contributed by atoms with E-state index in [1.54, 1.807) is 6.33 Å². The number of pyridine rings is 1. The monoisotopic (exact) mass is 327 g/mol. The van der Waals surface area contributed by atoms with Crippen LogP contribution in [-0.4, -0.2) is 21.6 Å². The minimum Gasteiger partial charge on any atom is -0.382 e. The fourth-order valence-corrected chi connectivity index (χ4v) is 3.50. The van der Waals surface area contributed by atoms with Gasteiger partial charge in [-0.25, -0.2) is 15.9 Å². The average molecular weight is 327 g/mol. The molecule has 2 aromatic heterocycles. The first-order valence-electron chi connectivity index (χ1n) is 8.59. The van der Waals surface area contributed by atoms with Gasteiger partial charge in [0.1, 0.15) is 5.52 Å². The minimum atomic E-state index is 0.475. The molecule has 3 aromatic rings. The van der Waals surface area contributed by atoms with Crippen LogP contribution in [0.4, 0.5) is 5.82 Å². The summed E-state index contributed by atoms with van der Waals surface area (Å²) in [5, 5.41) is 1.15. The number of rotatable bonds is 8. The van der Waals surface area contributed by atoms with Crippen LogP contribution in [0, 0.1) is 0 Å². The quantitative estimate of drug-likeness (QED) is 0.433. The number of nitrogens with one attached hydrogen (secondary N) is 1. The van der Waals surface area contributed by atoms with Crippen LogP contribution in [-0.2, 0) is 4.84 Å². The summed E-state index contributed by atoms with van der Waals surface area (Å²) in [6.07, 6.45) is 7.15. The Morgan fingerprint density at radius 3 is 2.92 bits per heavy atom. The van der Waals surface area contributed by atoms with Crippen LogP contribution in [0.2, 0.25) is 0 Å². The van der Waals surface area contributed by atoms with E-state index in [4.69, 9.17) is 11.6 Å². The standard InChI is InChI=1S/C18H25N5O/c1-2-6-12(7-3-4-10-24-20)13-8-5-9-14-15(13)16-17(18(19)23-14)22-11-21-16/h5,8-9,11-12H,2-4,6-7,10,20H2,1H3,(H2,19,23)(H,21,22). The van der Waals surface area contributed by atoms with Crippen LogP contribution in [0.3, 0.4) is 0 Å². The zero-order chi connectivity index (χ0) is 16.9. The van der Waals surface area contributed by atoms with Gasteiger partial charge in [0.05, 0.1) is 24.0 Å². The zero-order valence-corrected chi connectivity index (χ0v) is 14.1. The molecule has 0 saturated carbocycles. The van der Waals surface area contributed by atoms with Gasteiger partial charge >= 0.3 is 0 Å². The molecule has 0 bridgehead atoms. The fourth-order valence-electron chi connectivity index (χ4n) is 3.50. The predicted molar refractivity (Wildman–Crippen MR) is 97.4 cm³/mol. The van der Waals surface area contributed by atoms with Gasteiger partial charge in [-0.2, -0.15) is 0 Å². The van der Waals surface area contributed by atoms with Gasteiger partial charge in [-0.15, -0.1) is 0 Å². The number of hydrogen-bond donors (Lipinski definition) is 3. The van der Waals surface area contributed by atoms with Gasteiger partial charge in [-0.1, -0.05) is 31.9 Å². The molecule has 24 heavy (non-hydrogen) atoms. The number of anilines is 1. The number of unbranched alkanes of at least 4 members (excludes halogenated alkanes) is 1. The van der Waals surface area contributed by atoms with E-state index >= 15 is 0 Å². The van der Waals surface area contributed by atoms with Crippen molar-refractivity contribution in [3.05, 3.63) is 30.1 Å². The lowest BCUT2D eigenvalue weighted by molar-refractivity contribution is 0.133.